The standard InChI is InChI=1S/C20H26N2O3/c1-3-22(14-15-23)19(16-10-6-5-7-11-16)20(24)21-17-12-8-9-13-18(17)25-4-2/h5-13,19,23H,3-4,14-15H2,1-2H3,(H,21,24). The lowest BCUT2D eigenvalue weighted by molar-refractivity contribution is -0.121. The maximum atomic E-state index is 13.1. The Morgan fingerprint density at radius 3 is 2.44 bits per heavy atom. The molecule has 0 aliphatic rings. The summed E-state index contributed by atoms with van der Waals surface area (Å²) in [7, 11) is 0. The minimum absolute atomic E-state index is 0.0000135. The zero-order chi connectivity index (χ0) is 18.1. The number of nitrogens with one attached hydrogen (secondary N) is 1. The SMILES string of the molecule is CCOc1ccccc1NC(=O)C(c1ccccc1)N(CC)CCO. The van der Waals surface area contributed by atoms with E-state index in [0.29, 0.717) is 31.1 Å². The minimum Gasteiger partial charge on any atom is -0.492 e. The zero-order valence-electron chi connectivity index (χ0n) is 14.8. The van der Waals surface area contributed by atoms with Gasteiger partial charge < -0.3 is 15.2 Å². The van der Waals surface area contributed by atoms with Crippen molar-refractivity contribution in [3.63, 3.8) is 0 Å². The van der Waals surface area contributed by atoms with Gasteiger partial charge in [0.2, 0.25) is 5.91 Å². The molecule has 5 heteroatoms. The number of aliphatic hydroxyl groups excluding tert-OH is 1. The third kappa shape index (κ3) is 5.05. The summed E-state index contributed by atoms with van der Waals surface area (Å²) in [6, 6.07) is 16.5. The van der Waals surface area contributed by atoms with Gasteiger partial charge in [-0.15, -0.1) is 0 Å². The van der Waals surface area contributed by atoms with Gasteiger partial charge in [-0.2, -0.15) is 0 Å². The van der Waals surface area contributed by atoms with Crippen LogP contribution in [0.4, 0.5) is 5.69 Å². The smallest absolute Gasteiger partial charge is 0.246 e. The number of hydrogen-bond donors (Lipinski definition) is 2. The van der Waals surface area contributed by atoms with Crippen LogP contribution >= 0.6 is 0 Å². The summed E-state index contributed by atoms with van der Waals surface area (Å²) in [5.74, 6) is 0.504. The van der Waals surface area contributed by atoms with Crippen LogP contribution in [0.2, 0.25) is 0 Å². The number of ether oxygens (including phenoxy) is 1. The van der Waals surface area contributed by atoms with Crippen LogP contribution in [-0.4, -0.2) is 42.2 Å². The van der Waals surface area contributed by atoms with Crippen molar-refractivity contribution in [3.05, 3.63) is 60.2 Å². The number of rotatable bonds is 9. The molecule has 0 bridgehead atoms. The lowest BCUT2D eigenvalue weighted by Crippen LogP contribution is -2.38. The van der Waals surface area contributed by atoms with E-state index in [-0.39, 0.29) is 12.5 Å². The number of likely N-dealkylation sites (N-methyl/N-ethyl adjacent to an activating group) is 1. The topological polar surface area (TPSA) is 61.8 Å². The summed E-state index contributed by atoms with van der Waals surface area (Å²) >= 11 is 0. The predicted octanol–water partition coefficient (Wildman–Crippen LogP) is 3.08. The number of aliphatic hydroxyl groups is 1. The average molecular weight is 342 g/mol. The highest BCUT2D eigenvalue weighted by Gasteiger charge is 2.27. The normalized spacial score (nSPS) is 12.0. The number of benzene rings is 2. The van der Waals surface area contributed by atoms with Crippen LogP contribution in [0.25, 0.3) is 0 Å². The van der Waals surface area contributed by atoms with Crippen LogP contribution < -0.4 is 10.1 Å². The molecule has 0 aliphatic carbocycles. The van der Waals surface area contributed by atoms with Gasteiger partial charge in [0.15, 0.2) is 0 Å². The Kier molecular flexibility index (Phi) is 7.44. The zero-order valence-corrected chi connectivity index (χ0v) is 14.8. The van der Waals surface area contributed by atoms with E-state index in [0.717, 1.165) is 5.56 Å². The Hall–Kier alpha value is -2.37. The number of anilines is 1. The van der Waals surface area contributed by atoms with Crippen molar-refractivity contribution in [3.8, 4) is 5.75 Å². The summed E-state index contributed by atoms with van der Waals surface area (Å²) in [4.78, 5) is 15.0. The summed E-state index contributed by atoms with van der Waals surface area (Å²) in [6.07, 6.45) is 0. The Morgan fingerprint density at radius 2 is 1.80 bits per heavy atom. The Balaban J connectivity index is 2.29. The molecule has 2 rings (SSSR count). The molecule has 0 aromatic heterocycles. The molecule has 134 valence electrons. The Bertz CT molecular complexity index is 661. The van der Waals surface area contributed by atoms with Crippen molar-refractivity contribution in [1.82, 2.24) is 4.90 Å². The quantitative estimate of drug-likeness (QED) is 0.735. The molecule has 1 atom stereocenters. The van der Waals surface area contributed by atoms with E-state index < -0.39 is 6.04 Å². The van der Waals surface area contributed by atoms with E-state index in [9.17, 15) is 9.90 Å². The highest BCUT2D eigenvalue weighted by molar-refractivity contribution is 5.96. The van der Waals surface area contributed by atoms with E-state index in [1.807, 2.05) is 73.3 Å². The van der Waals surface area contributed by atoms with Gasteiger partial charge in [0, 0.05) is 6.54 Å². The molecule has 0 spiro atoms. The van der Waals surface area contributed by atoms with E-state index in [1.54, 1.807) is 0 Å². The monoisotopic (exact) mass is 342 g/mol. The maximum absolute atomic E-state index is 13.1. The molecule has 0 saturated heterocycles. The number of amides is 1. The second-order valence-electron chi connectivity index (χ2n) is 5.58. The molecule has 1 unspecified atom stereocenters. The van der Waals surface area contributed by atoms with Gasteiger partial charge in [0.05, 0.1) is 18.9 Å². The number of nitrogens with zero attached hydrogens (tertiary/aromatic N) is 1. The van der Waals surface area contributed by atoms with Crippen molar-refractivity contribution in [2.75, 3.05) is 31.6 Å². The first kappa shape index (κ1) is 19.0. The fraction of sp³-hybridized carbons (Fsp3) is 0.350. The summed E-state index contributed by atoms with van der Waals surface area (Å²) in [5.41, 5.74) is 1.54. The van der Waals surface area contributed by atoms with E-state index in [2.05, 4.69) is 5.32 Å². The maximum Gasteiger partial charge on any atom is 0.246 e. The lowest BCUT2D eigenvalue weighted by Gasteiger charge is -2.29. The van der Waals surface area contributed by atoms with Crippen molar-refractivity contribution < 1.29 is 14.6 Å². The number of para-hydroxylation sites is 2. The molecule has 0 fully saturated rings. The summed E-state index contributed by atoms with van der Waals surface area (Å²) in [5, 5.41) is 12.3. The second kappa shape index (κ2) is 9.81. The molecule has 5 nitrogen and oxygen atoms in total. The van der Waals surface area contributed by atoms with Gasteiger partial charge in [-0.25, -0.2) is 0 Å². The van der Waals surface area contributed by atoms with Gasteiger partial charge in [-0.3, -0.25) is 9.69 Å². The predicted molar refractivity (Wildman–Crippen MR) is 99.8 cm³/mol. The Labute approximate surface area is 149 Å². The van der Waals surface area contributed by atoms with Gasteiger partial charge in [0.1, 0.15) is 11.8 Å². The van der Waals surface area contributed by atoms with E-state index in [4.69, 9.17) is 4.74 Å². The van der Waals surface area contributed by atoms with Crippen LogP contribution in [0.5, 0.6) is 5.75 Å². The molecule has 1 amide bonds. The van der Waals surface area contributed by atoms with Crippen LogP contribution in [0.15, 0.2) is 54.6 Å². The summed E-state index contributed by atoms with van der Waals surface area (Å²) in [6.45, 7) is 5.50. The lowest BCUT2D eigenvalue weighted by atomic mass is 10.0. The van der Waals surface area contributed by atoms with E-state index >= 15 is 0 Å². The molecular formula is C20H26N2O3. The van der Waals surface area contributed by atoms with Gasteiger partial charge in [0.25, 0.3) is 0 Å². The van der Waals surface area contributed by atoms with Gasteiger partial charge >= 0.3 is 0 Å². The third-order valence-corrected chi connectivity index (χ3v) is 3.97. The first-order valence-corrected chi connectivity index (χ1v) is 8.63. The van der Waals surface area contributed by atoms with Crippen LogP contribution in [0.1, 0.15) is 25.5 Å². The molecule has 0 aliphatic heterocycles. The number of carbonyl (C=O) groups excluding carboxylic acids is 1. The first-order chi connectivity index (χ1) is 12.2. The van der Waals surface area contributed by atoms with Crippen LogP contribution in [0, 0.1) is 0 Å². The summed E-state index contributed by atoms with van der Waals surface area (Å²) < 4.78 is 5.59. The molecule has 2 aromatic rings. The van der Waals surface area contributed by atoms with Crippen molar-refractivity contribution in [1.29, 1.82) is 0 Å². The second-order valence-corrected chi connectivity index (χ2v) is 5.58. The molecule has 2 aromatic carbocycles. The molecule has 0 heterocycles. The third-order valence-electron chi connectivity index (χ3n) is 3.97. The van der Waals surface area contributed by atoms with Gasteiger partial charge in [-0.1, -0.05) is 49.4 Å². The minimum atomic E-state index is -0.479. The number of hydrogen-bond acceptors (Lipinski definition) is 4. The fourth-order valence-corrected chi connectivity index (χ4v) is 2.81. The molecule has 0 radical (unpaired) electrons. The fourth-order valence-electron chi connectivity index (χ4n) is 2.81. The molecular weight excluding hydrogens is 316 g/mol. The number of carbonyl (C=O) groups is 1. The van der Waals surface area contributed by atoms with Crippen molar-refractivity contribution >= 4 is 11.6 Å². The molecule has 0 saturated carbocycles. The largest absolute Gasteiger partial charge is 0.492 e. The highest BCUT2D eigenvalue weighted by atomic mass is 16.5. The van der Waals surface area contributed by atoms with Crippen molar-refractivity contribution in [2.24, 2.45) is 0 Å². The first-order valence-electron chi connectivity index (χ1n) is 8.63. The van der Waals surface area contributed by atoms with Crippen LogP contribution in [-0.2, 0) is 4.79 Å². The highest BCUT2D eigenvalue weighted by Crippen LogP contribution is 2.27. The Morgan fingerprint density at radius 1 is 1.12 bits per heavy atom. The molecule has 2 N–H and O–H groups in total. The van der Waals surface area contributed by atoms with E-state index in [1.165, 1.54) is 0 Å². The average Bonchev–Trinajstić information content (AvgIpc) is 2.64. The molecule has 25 heavy (non-hydrogen) atoms. The van der Waals surface area contributed by atoms with Gasteiger partial charge in [-0.05, 0) is 31.2 Å². The van der Waals surface area contributed by atoms with Crippen LogP contribution in [0.3, 0.4) is 0 Å². The van der Waals surface area contributed by atoms with Crippen molar-refractivity contribution in [2.45, 2.75) is 19.9 Å².